The maximum atomic E-state index is 13.6. The highest BCUT2D eigenvalue weighted by atomic mass is 19.1. The van der Waals surface area contributed by atoms with Crippen molar-refractivity contribution in [2.45, 2.75) is 25.6 Å². The van der Waals surface area contributed by atoms with Crippen molar-refractivity contribution < 1.29 is 18.7 Å². The maximum absolute atomic E-state index is 13.6. The van der Waals surface area contributed by atoms with E-state index < -0.39 is 6.04 Å². The Morgan fingerprint density at radius 1 is 0.730 bits per heavy atom. The molecule has 0 saturated heterocycles. The number of hydrogen-bond acceptors (Lipinski definition) is 3. The number of carbonyl (C=O) groups is 2. The summed E-state index contributed by atoms with van der Waals surface area (Å²) in [5.41, 5.74) is 2.59. The van der Waals surface area contributed by atoms with E-state index in [2.05, 4.69) is 5.32 Å². The first-order valence-electron chi connectivity index (χ1n) is 12.2. The summed E-state index contributed by atoms with van der Waals surface area (Å²) in [6.45, 7) is 0.236. The lowest BCUT2D eigenvalue weighted by molar-refractivity contribution is -0.142. The Morgan fingerprint density at radius 3 is 1.92 bits per heavy atom. The van der Waals surface area contributed by atoms with E-state index in [1.807, 2.05) is 78.9 Å². The second-order valence-electron chi connectivity index (χ2n) is 8.66. The standard InChI is InChI=1S/C31H29FN2O3/c32-27-18-16-26(17-19-27)22-34(30(35)23-37-28-14-8-3-9-15-28)29(20-24-10-4-1-5-11-24)31(36)33-21-25-12-6-2-7-13-25/h1-19,29H,20-23H2,(H,33,36)/t29-/m0/s1. The predicted molar refractivity (Wildman–Crippen MR) is 141 cm³/mol. The van der Waals surface area contributed by atoms with Gasteiger partial charge in [0, 0.05) is 19.5 Å². The summed E-state index contributed by atoms with van der Waals surface area (Å²) in [5, 5.41) is 2.99. The lowest BCUT2D eigenvalue weighted by Gasteiger charge is -2.31. The van der Waals surface area contributed by atoms with Crippen LogP contribution < -0.4 is 10.1 Å². The van der Waals surface area contributed by atoms with Gasteiger partial charge in [0.1, 0.15) is 17.6 Å². The van der Waals surface area contributed by atoms with Crippen LogP contribution in [-0.2, 0) is 29.1 Å². The molecule has 0 fully saturated rings. The molecule has 0 unspecified atom stereocenters. The van der Waals surface area contributed by atoms with Crippen molar-refractivity contribution in [3.05, 3.63) is 138 Å². The fourth-order valence-electron chi connectivity index (χ4n) is 3.99. The molecule has 5 nitrogen and oxygen atoms in total. The highest BCUT2D eigenvalue weighted by Gasteiger charge is 2.30. The molecule has 1 atom stereocenters. The molecule has 0 aromatic heterocycles. The van der Waals surface area contributed by atoms with Gasteiger partial charge in [0.15, 0.2) is 6.61 Å². The molecule has 0 bridgehead atoms. The zero-order valence-electron chi connectivity index (χ0n) is 20.4. The number of nitrogens with zero attached hydrogens (tertiary/aromatic N) is 1. The summed E-state index contributed by atoms with van der Waals surface area (Å²) in [5.74, 6) is -0.423. The minimum Gasteiger partial charge on any atom is -0.484 e. The summed E-state index contributed by atoms with van der Waals surface area (Å²) < 4.78 is 19.3. The average Bonchev–Trinajstić information content (AvgIpc) is 2.95. The fourth-order valence-corrected chi connectivity index (χ4v) is 3.99. The van der Waals surface area contributed by atoms with Gasteiger partial charge in [-0.3, -0.25) is 9.59 Å². The molecule has 4 aromatic rings. The summed E-state index contributed by atoms with van der Waals surface area (Å²) >= 11 is 0. The van der Waals surface area contributed by atoms with Crippen LogP contribution in [0.2, 0.25) is 0 Å². The Morgan fingerprint density at radius 2 is 1.30 bits per heavy atom. The second kappa shape index (κ2) is 13.0. The second-order valence-corrected chi connectivity index (χ2v) is 8.66. The minimum absolute atomic E-state index is 0.132. The molecule has 0 heterocycles. The number of ether oxygens (including phenoxy) is 1. The zero-order chi connectivity index (χ0) is 25.9. The van der Waals surface area contributed by atoms with Gasteiger partial charge in [-0.25, -0.2) is 4.39 Å². The summed E-state index contributed by atoms with van der Waals surface area (Å²) in [6.07, 6.45) is 0.319. The first-order valence-corrected chi connectivity index (χ1v) is 12.2. The molecular weight excluding hydrogens is 467 g/mol. The molecule has 0 spiro atoms. The molecule has 0 aliphatic rings. The highest BCUT2D eigenvalue weighted by Crippen LogP contribution is 2.17. The normalized spacial score (nSPS) is 11.4. The Bertz CT molecular complexity index is 1270. The smallest absolute Gasteiger partial charge is 0.261 e. The lowest BCUT2D eigenvalue weighted by Crippen LogP contribution is -2.51. The van der Waals surface area contributed by atoms with E-state index in [4.69, 9.17) is 4.74 Å². The average molecular weight is 497 g/mol. The van der Waals surface area contributed by atoms with Gasteiger partial charge in [0.25, 0.3) is 5.91 Å². The van der Waals surface area contributed by atoms with Crippen molar-refractivity contribution in [3.63, 3.8) is 0 Å². The SMILES string of the molecule is O=C(NCc1ccccc1)[C@H](Cc1ccccc1)N(Cc1ccc(F)cc1)C(=O)COc1ccccc1. The molecule has 6 heteroatoms. The third-order valence-corrected chi connectivity index (χ3v) is 5.95. The van der Waals surface area contributed by atoms with Crippen molar-refractivity contribution in [1.82, 2.24) is 10.2 Å². The molecule has 1 N–H and O–H groups in total. The van der Waals surface area contributed by atoms with Gasteiger partial charge >= 0.3 is 0 Å². The predicted octanol–water partition coefficient (Wildman–Crippen LogP) is 5.16. The summed E-state index contributed by atoms with van der Waals surface area (Å²) in [6, 6.07) is 33.4. The van der Waals surface area contributed by atoms with E-state index in [9.17, 15) is 14.0 Å². The van der Waals surface area contributed by atoms with Crippen molar-refractivity contribution in [2.24, 2.45) is 0 Å². The van der Waals surface area contributed by atoms with Crippen LogP contribution in [0.15, 0.2) is 115 Å². The van der Waals surface area contributed by atoms with Crippen molar-refractivity contribution >= 4 is 11.8 Å². The molecule has 0 radical (unpaired) electrons. The van der Waals surface area contributed by atoms with Crippen LogP contribution in [-0.4, -0.2) is 29.4 Å². The van der Waals surface area contributed by atoms with Gasteiger partial charge in [-0.05, 0) is 41.0 Å². The van der Waals surface area contributed by atoms with Crippen LogP contribution in [0, 0.1) is 5.82 Å². The molecule has 4 aromatic carbocycles. The Hall–Kier alpha value is -4.45. The van der Waals surface area contributed by atoms with Gasteiger partial charge in [-0.2, -0.15) is 0 Å². The topological polar surface area (TPSA) is 58.6 Å². The third-order valence-electron chi connectivity index (χ3n) is 5.95. The van der Waals surface area contributed by atoms with Crippen molar-refractivity contribution in [1.29, 1.82) is 0 Å². The Kier molecular flexibility index (Phi) is 9.02. The maximum Gasteiger partial charge on any atom is 0.261 e. The lowest BCUT2D eigenvalue weighted by atomic mass is 10.0. The van der Waals surface area contributed by atoms with Crippen LogP contribution in [0.4, 0.5) is 4.39 Å². The van der Waals surface area contributed by atoms with Crippen LogP contribution in [0.1, 0.15) is 16.7 Å². The zero-order valence-corrected chi connectivity index (χ0v) is 20.4. The van der Waals surface area contributed by atoms with E-state index in [1.54, 1.807) is 24.3 Å². The Balaban J connectivity index is 1.60. The molecule has 0 aliphatic heterocycles. The van der Waals surface area contributed by atoms with Gasteiger partial charge in [0.2, 0.25) is 5.91 Å². The van der Waals surface area contributed by atoms with Crippen LogP contribution in [0.5, 0.6) is 5.75 Å². The van der Waals surface area contributed by atoms with Crippen LogP contribution in [0.25, 0.3) is 0 Å². The van der Waals surface area contributed by atoms with E-state index in [0.717, 1.165) is 11.1 Å². The minimum atomic E-state index is -0.803. The quantitative estimate of drug-likeness (QED) is 0.312. The molecule has 0 saturated carbocycles. The number of para-hydroxylation sites is 1. The van der Waals surface area contributed by atoms with Crippen molar-refractivity contribution in [2.75, 3.05) is 6.61 Å². The largest absolute Gasteiger partial charge is 0.484 e. The van der Waals surface area contributed by atoms with Gasteiger partial charge < -0.3 is 15.0 Å². The molecule has 188 valence electrons. The number of halogens is 1. The third kappa shape index (κ3) is 7.77. The number of nitrogens with one attached hydrogen (secondary N) is 1. The monoisotopic (exact) mass is 496 g/mol. The van der Waals surface area contributed by atoms with E-state index in [1.165, 1.54) is 17.0 Å². The number of benzene rings is 4. The van der Waals surface area contributed by atoms with Gasteiger partial charge in [-0.15, -0.1) is 0 Å². The first-order chi connectivity index (χ1) is 18.1. The van der Waals surface area contributed by atoms with Crippen LogP contribution >= 0.6 is 0 Å². The van der Waals surface area contributed by atoms with E-state index in [-0.39, 0.29) is 30.8 Å². The molecule has 2 amide bonds. The Labute approximate surface area is 216 Å². The molecule has 4 rings (SSSR count). The van der Waals surface area contributed by atoms with Crippen LogP contribution in [0.3, 0.4) is 0 Å². The fraction of sp³-hybridized carbons (Fsp3) is 0.161. The summed E-state index contributed by atoms with van der Waals surface area (Å²) in [4.78, 5) is 28.6. The number of amides is 2. The number of carbonyl (C=O) groups excluding carboxylic acids is 2. The molecule has 0 aliphatic carbocycles. The van der Waals surface area contributed by atoms with Gasteiger partial charge in [-0.1, -0.05) is 91.0 Å². The van der Waals surface area contributed by atoms with E-state index in [0.29, 0.717) is 24.3 Å². The van der Waals surface area contributed by atoms with Crippen molar-refractivity contribution in [3.8, 4) is 5.75 Å². The number of hydrogen-bond donors (Lipinski definition) is 1. The number of rotatable bonds is 11. The highest BCUT2D eigenvalue weighted by molar-refractivity contribution is 5.88. The summed E-state index contributed by atoms with van der Waals surface area (Å²) in [7, 11) is 0. The molecule has 37 heavy (non-hydrogen) atoms. The molecular formula is C31H29FN2O3. The van der Waals surface area contributed by atoms with E-state index >= 15 is 0 Å². The van der Waals surface area contributed by atoms with Gasteiger partial charge in [0.05, 0.1) is 0 Å². The first kappa shape index (κ1) is 25.6.